The monoisotopic (exact) mass is 483 g/mol. The third-order valence-corrected chi connectivity index (χ3v) is 5.44. The Morgan fingerprint density at radius 2 is 1.74 bits per heavy atom. The number of ether oxygens (including phenoxy) is 1. The first-order valence-corrected chi connectivity index (χ1v) is 10.5. The number of fused-ring (bicyclic) bond motifs is 1. The average Bonchev–Trinajstić information content (AvgIpc) is 2.84. The van der Waals surface area contributed by atoms with Crippen LogP contribution in [0.25, 0.3) is 0 Å². The highest BCUT2D eigenvalue weighted by Crippen LogP contribution is 2.35. The number of hydrogen-bond donors (Lipinski definition) is 2. The molecule has 0 saturated heterocycles. The third kappa shape index (κ3) is 5.11. The molecular weight excluding hydrogens is 463 g/mol. The molecule has 35 heavy (non-hydrogen) atoms. The van der Waals surface area contributed by atoms with Crippen LogP contribution in [-0.4, -0.2) is 30.9 Å². The van der Waals surface area contributed by atoms with Gasteiger partial charge in [0.25, 0.3) is 5.91 Å². The standard InChI is InChI=1S/C25H20F3N3O4/c1-35-18-11-9-15(10-12-18)24(34)31-20-8-3-2-7-19(20)30-23(33)21(31)14-22(32)29-17-6-4-5-16(13-17)25(26,27)28/h2-13,21H,14H2,1H3,(H,29,32)(H,30,33). The van der Waals surface area contributed by atoms with Gasteiger partial charge in [-0.25, -0.2) is 0 Å². The number of halogens is 3. The van der Waals surface area contributed by atoms with Crippen molar-refractivity contribution in [1.82, 2.24) is 0 Å². The van der Waals surface area contributed by atoms with E-state index in [-0.39, 0.29) is 11.3 Å². The van der Waals surface area contributed by atoms with Crippen molar-refractivity contribution in [3.8, 4) is 5.75 Å². The summed E-state index contributed by atoms with van der Waals surface area (Å²) in [5.41, 5.74) is 0.0581. The summed E-state index contributed by atoms with van der Waals surface area (Å²) in [5.74, 6) is -1.30. The summed E-state index contributed by atoms with van der Waals surface area (Å²) in [6, 6.07) is 15.8. The van der Waals surface area contributed by atoms with Crippen LogP contribution < -0.4 is 20.3 Å². The summed E-state index contributed by atoms with van der Waals surface area (Å²) in [4.78, 5) is 40.4. The number of carbonyl (C=O) groups is 3. The number of alkyl halides is 3. The molecule has 0 aliphatic carbocycles. The first kappa shape index (κ1) is 23.8. The number of nitrogens with one attached hydrogen (secondary N) is 2. The number of carbonyl (C=O) groups excluding carboxylic acids is 3. The van der Waals surface area contributed by atoms with E-state index in [0.29, 0.717) is 17.1 Å². The Labute approximate surface area is 198 Å². The molecule has 3 aromatic rings. The molecule has 2 N–H and O–H groups in total. The lowest BCUT2D eigenvalue weighted by Gasteiger charge is -2.36. The van der Waals surface area contributed by atoms with Gasteiger partial charge in [-0.1, -0.05) is 18.2 Å². The highest BCUT2D eigenvalue weighted by Gasteiger charge is 2.38. The van der Waals surface area contributed by atoms with Crippen molar-refractivity contribution in [2.24, 2.45) is 0 Å². The van der Waals surface area contributed by atoms with E-state index in [0.717, 1.165) is 12.1 Å². The summed E-state index contributed by atoms with van der Waals surface area (Å²) in [6.45, 7) is 0. The van der Waals surface area contributed by atoms with E-state index in [4.69, 9.17) is 4.74 Å². The first-order chi connectivity index (χ1) is 16.7. The van der Waals surface area contributed by atoms with E-state index in [1.165, 1.54) is 36.3 Å². The molecular formula is C25H20F3N3O4. The number of rotatable bonds is 5. The average molecular weight is 483 g/mol. The maximum absolute atomic E-state index is 13.5. The van der Waals surface area contributed by atoms with Gasteiger partial charge >= 0.3 is 6.18 Å². The van der Waals surface area contributed by atoms with Gasteiger partial charge in [-0.2, -0.15) is 13.2 Å². The van der Waals surface area contributed by atoms with Gasteiger partial charge < -0.3 is 15.4 Å². The fraction of sp³-hybridized carbons (Fsp3) is 0.160. The van der Waals surface area contributed by atoms with Gasteiger partial charge in [0.1, 0.15) is 11.8 Å². The van der Waals surface area contributed by atoms with Crippen LogP contribution in [-0.2, 0) is 15.8 Å². The van der Waals surface area contributed by atoms with Gasteiger partial charge in [-0.3, -0.25) is 19.3 Å². The van der Waals surface area contributed by atoms with E-state index in [1.807, 2.05) is 0 Å². The summed E-state index contributed by atoms with van der Waals surface area (Å²) in [7, 11) is 1.49. The van der Waals surface area contributed by atoms with Gasteiger partial charge in [-0.05, 0) is 54.6 Å². The molecule has 1 aliphatic heterocycles. The summed E-state index contributed by atoms with van der Waals surface area (Å²) in [6.07, 6.45) is -5.05. The van der Waals surface area contributed by atoms with E-state index in [2.05, 4.69) is 10.6 Å². The number of amides is 3. The van der Waals surface area contributed by atoms with Crippen LogP contribution in [0.15, 0.2) is 72.8 Å². The quantitative estimate of drug-likeness (QED) is 0.550. The molecule has 4 rings (SSSR count). The molecule has 7 nitrogen and oxygen atoms in total. The highest BCUT2D eigenvalue weighted by molar-refractivity contribution is 6.17. The van der Waals surface area contributed by atoms with Crippen molar-refractivity contribution in [2.45, 2.75) is 18.6 Å². The minimum Gasteiger partial charge on any atom is -0.497 e. The zero-order valence-corrected chi connectivity index (χ0v) is 18.4. The second-order valence-corrected chi connectivity index (χ2v) is 7.76. The lowest BCUT2D eigenvalue weighted by atomic mass is 10.0. The van der Waals surface area contributed by atoms with E-state index >= 15 is 0 Å². The zero-order chi connectivity index (χ0) is 25.2. The van der Waals surface area contributed by atoms with Gasteiger partial charge in [0.05, 0.1) is 30.5 Å². The minimum atomic E-state index is -4.57. The second-order valence-electron chi connectivity index (χ2n) is 7.76. The van der Waals surface area contributed by atoms with Crippen molar-refractivity contribution in [3.05, 3.63) is 83.9 Å². The fourth-order valence-electron chi connectivity index (χ4n) is 3.76. The molecule has 0 aromatic heterocycles. The van der Waals surface area contributed by atoms with E-state index in [1.54, 1.807) is 36.4 Å². The predicted octanol–water partition coefficient (Wildman–Crippen LogP) is 4.71. The summed E-state index contributed by atoms with van der Waals surface area (Å²) in [5, 5.41) is 5.07. The lowest BCUT2D eigenvalue weighted by molar-refractivity contribution is -0.137. The molecule has 0 spiro atoms. The molecule has 1 aliphatic rings. The Kier molecular flexibility index (Phi) is 6.46. The number of para-hydroxylation sites is 2. The Morgan fingerprint density at radius 3 is 2.43 bits per heavy atom. The normalized spacial score (nSPS) is 15.1. The Bertz CT molecular complexity index is 1280. The smallest absolute Gasteiger partial charge is 0.416 e. The summed E-state index contributed by atoms with van der Waals surface area (Å²) >= 11 is 0. The van der Waals surface area contributed by atoms with Crippen molar-refractivity contribution >= 4 is 34.8 Å². The van der Waals surface area contributed by atoms with Crippen LogP contribution in [0.1, 0.15) is 22.3 Å². The third-order valence-electron chi connectivity index (χ3n) is 5.44. The molecule has 0 saturated carbocycles. The second kappa shape index (κ2) is 9.49. The van der Waals surface area contributed by atoms with Crippen molar-refractivity contribution in [1.29, 1.82) is 0 Å². The molecule has 0 fully saturated rings. The van der Waals surface area contributed by atoms with Crippen LogP contribution in [0.5, 0.6) is 5.75 Å². The number of hydrogen-bond acceptors (Lipinski definition) is 4. The van der Waals surface area contributed by atoms with Crippen molar-refractivity contribution < 1.29 is 32.3 Å². The number of nitrogens with zero attached hydrogens (tertiary/aromatic N) is 1. The van der Waals surface area contributed by atoms with Crippen LogP contribution in [0.4, 0.5) is 30.2 Å². The lowest BCUT2D eigenvalue weighted by Crippen LogP contribution is -2.52. The summed E-state index contributed by atoms with van der Waals surface area (Å²) < 4.78 is 44.1. The van der Waals surface area contributed by atoms with Gasteiger partial charge in [0, 0.05) is 11.3 Å². The first-order valence-electron chi connectivity index (χ1n) is 10.5. The molecule has 1 atom stereocenters. The number of benzene rings is 3. The highest BCUT2D eigenvalue weighted by atomic mass is 19.4. The number of methoxy groups -OCH3 is 1. The molecule has 0 radical (unpaired) electrons. The minimum absolute atomic E-state index is 0.0746. The maximum Gasteiger partial charge on any atom is 0.416 e. The van der Waals surface area contributed by atoms with Crippen LogP contribution in [0.3, 0.4) is 0 Å². The maximum atomic E-state index is 13.5. The SMILES string of the molecule is COc1ccc(C(=O)N2c3ccccc3NC(=O)C2CC(=O)Nc2cccc(C(F)(F)F)c2)cc1. The van der Waals surface area contributed by atoms with Crippen LogP contribution in [0.2, 0.25) is 0 Å². The van der Waals surface area contributed by atoms with Crippen LogP contribution in [0, 0.1) is 0 Å². The molecule has 1 heterocycles. The zero-order valence-electron chi connectivity index (χ0n) is 18.4. The molecule has 10 heteroatoms. The Morgan fingerprint density at radius 1 is 1.03 bits per heavy atom. The Balaban J connectivity index is 1.62. The Hall–Kier alpha value is -4.34. The topological polar surface area (TPSA) is 87.7 Å². The molecule has 3 amide bonds. The van der Waals surface area contributed by atoms with Crippen molar-refractivity contribution in [2.75, 3.05) is 22.6 Å². The van der Waals surface area contributed by atoms with Gasteiger partial charge in [0.15, 0.2) is 0 Å². The van der Waals surface area contributed by atoms with Gasteiger partial charge in [-0.15, -0.1) is 0 Å². The molecule has 0 bridgehead atoms. The molecule has 3 aromatic carbocycles. The number of anilines is 3. The predicted molar refractivity (Wildman–Crippen MR) is 123 cm³/mol. The largest absolute Gasteiger partial charge is 0.497 e. The van der Waals surface area contributed by atoms with Crippen LogP contribution >= 0.6 is 0 Å². The van der Waals surface area contributed by atoms with E-state index < -0.39 is 41.9 Å². The molecule has 1 unspecified atom stereocenters. The van der Waals surface area contributed by atoms with E-state index in [9.17, 15) is 27.6 Å². The molecule has 180 valence electrons. The van der Waals surface area contributed by atoms with Crippen molar-refractivity contribution in [3.63, 3.8) is 0 Å². The fourth-order valence-corrected chi connectivity index (χ4v) is 3.76. The van der Waals surface area contributed by atoms with Gasteiger partial charge in [0.2, 0.25) is 11.8 Å².